The second-order valence-corrected chi connectivity index (χ2v) is 7.14. The standard InChI is InChI=1S/C16H27NO2/c1-12-8-13-9-14(19)11-16(10-12)15(13)4-2-5-17(16)6-3-7-18/h12-13,15,18H,2-11H2,1H3/t12-,13?,15?,16?/m0/s1. The van der Waals surface area contributed by atoms with Gasteiger partial charge in [-0.2, -0.15) is 0 Å². The second-order valence-electron chi connectivity index (χ2n) is 7.14. The highest BCUT2D eigenvalue weighted by atomic mass is 16.3. The summed E-state index contributed by atoms with van der Waals surface area (Å²) in [5.74, 6) is 2.63. The zero-order valence-corrected chi connectivity index (χ0v) is 12.1. The topological polar surface area (TPSA) is 40.5 Å². The Morgan fingerprint density at radius 1 is 1.47 bits per heavy atom. The van der Waals surface area contributed by atoms with Gasteiger partial charge in [-0.15, -0.1) is 0 Å². The summed E-state index contributed by atoms with van der Waals surface area (Å²) in [6, 6.07) is 0. The van der Waals surface area contributed by atoms with Crippen molar-refractivity contribution in [1.29, 1.82) is 0 Å². The minimum Gasteiger partial charge on any atom is -0.396 e. The zero-order valence-electron chi connectivity index (χ0n) is 12.1. The number of ketones is 1. The molecule has 0 amide bonds. The molecule has 0 radical (unpaired) electrons. The van der Waals surface area contributed by atoms with Gasteiger partial charge in [0.15, 0.2) is 0 Å². The van der Waals surface area contributed by atoms with Gasteiger partial charge in [0.05, 0.1) is 0 Å². The number of hydrogen-bond acceptors (Lipinski definition) is 3. The van der Waals surface area contributed by atoms with Crippen LogP contribution < -0.4 is 0 Å². The Kier molecular flexibility index (Phi) is 3.69. The highest BCUT2D eigenvalue weighted by molar-refractivity contribution is 5.81. The molecule has 3 fully saturated rings. The number of carbonyl (C=O) groups excluding carboxylic acids is 1. The molecule has 19 heavy (non-hydrogen) atoms. The monoisotopic (exact) mass is 265 g/mol. The van der Waals surface area contributed by atoms with Gasteiger partial charge in [0.25, 0.3) is 0 Å². The fraction of sp³-hybridized carbons (Fsp3) is 0.938. The minimum atomic E-state index is 0.158. The van der Waals surface area contributed by atoms with E-state index in [1.165, 1.54) is 25.7 Å². The van der Waals surface area contributed by atoms with Crippen molar-refractivity contribution in [2.24, 2.45) is 17.8 Å². The van der Waals surface area contributed by atoms with Crippen LogP contribution in [0.15, 0.2) is 0 Å². The Labute approximate surface area is 116 Å². The van der Waals surface area contributed by atoms with Gasteiger partial charge in [-0.25, -0.2) is 0 Å². The summed E-state index contributed by atoms with van der Waals surface area (Å²) in [5.41, 5.74) is 0.158. The van der Waals surface area contributed by atoms with Crippen molar-refractivity contribution in [3.05, 3.63) is 0 Å². The van der Waals surface area contributed by atoms with Crippen LogP contribution in [-0.2, 0) is 4.79 Å². The van der Waals surface area contributed by atoms with E-state index in [1.54, 1.807) is 0 Å². The van der Waals surface area contributed by atoms with E-state index in [2.05, 4.69) is 11.8 Å². The van der Waals surface area contributed by atoms with E-state index >= 15 is 0 Å². The van der Waals surface area contributed by atoms with Crippen LogP contribution >= 0.6 is 0 Å². The van der Waals surface area contributed by atoms with Crippen LogP contribution in [-0.4, -0.2) is 41.0 Å². The number of aliphatic hydroxyl groups excluding tert-OH is 1. The first-order valence-electron chi connectivity index (χ1n) is 8.03. The van der Waals surface area contributed by atoms with Crippen molar-refractivity contribution in [2.75, 3.05) is 19.7 Å². The van der Waals surface area contributed by atoms with Crippen molar-refractivity contribution >= 4 is 5.78 Å². The zero-order chi connectivity index (χ0) is 13.5. The fourth-order valence-corrected chi connectivity index (χ4v) is 5.39. The van der Waals surface area contributed by atoms with Crippen molar-refractivity contribution in [3.8, 4) is 0 Å². The van der Waals surface area contributed by atoms with Crippen LogP contribution in [0.2, 0.25) is 0 Å². The van der Waals surface area contributed by atoms with Gasteiger partial charge in [-0.1, -0.05) is 6.92 Å². The lowest BCUT2D eigenvalue weighted by atomic mass is 9.54. The number of piperidine rings is 1. The van der Waals surface area contributed by atoms with Gasteiger partial charge in [0, 0.05) is 31.5 Å². The molecule has 3 aliphatic rings. The first-order valence-corrected chi connectivity index (χ1v) is 8.03. The molecule has 108 valence electrons. The average Bonchev–Trinajstić information content (AvgIpc) is 2.34. The third-order valence-corrected chi connectivity index (χ3v) is 5.82. The van der Waals surface area contributed by atoms with Crippen LogP contribution in [0.1, 0.15) is 51.9 Å². The molecule has 2 saturated carbocycles. The summed E-state index contributed by atoms with van der Waals surface area (Å²) in [6.07, 6.45) is 7.52. The Balaban J connectivity index is 1.89. The summed E-state index contributed by atoms with van der Waals surface area (Å²) in [7, 11) is 0. The molecule has 3 unspecified atom stereocenters. The maximum absolute atomic E-state index is 12.2. The Morgan fingerprint density at radius 3 is 3.11 bits per heavy atom. The Morgan fingerprint density at radius 2 is 2.32 bits per heavy atom. The number of Topliss-reactive ketones (excluding diaryl/α,β-unsaturated/α-hetero) is 1. The second kappa shape index (κ2) is 5.17. The number of aliphatic hydroxyl groups is 1. The van der Waals surface area contributed by atoms with E-state index in [4.69, 9.17) is 5.11 Å². The van der Waals surface area contributed by atoms with Crippen molar-refractivity contribution < 1.29 is 9.90 Å². The molecular formula is C16H27NO2. The van der Waals surface area contributed by atoms with E-state index in [9.17, 15) is 4.79 Å². The van der Waals surface area contributed by atoms with E-state index in [1.807, 2.05) is 0 Å². The van der Waals surface area contributed by atoms with Gasteiger partial charge >= 0.3 is 0 Å². The molecule has 1 aliphatic heterocycles. The Hall–Kier alpha value is -0.410. The first-order chi connectivity index (χ1) is 9.15. The first kappa shape index (κ1) is 13.6. The predicted molar refractivity (Wildman–Crippen MR) is 74.9 cm³/mol. The number of nitrogens with zero attached hydrogens (tertiary/aromatic N) is 1. The maximum Gasteiger partial charge on any atom is 0.135 e. The molecule has 1 heterocycles. The summed E-state index contributed by atoms with van der Waals surface area (Å²) < 4.78 is 0. The predicted octanol–water partition coefficient (Wildman–Crippen LogP) is 2.23. The smallest absolute Gasteiger partial charge is 0.135 e. The van der Waals surface area contributed by atoms with Crippen LogP contribution in [0.4, 0.5) is 0 Å². The lowest BCUT2D eigenvalue weighted by Gasteiger charge is -2.61. The number of carbonyl (C=O) groups is 1. The van der Waals surface area contributed by atoms with E-state index in [-0.39, 0.29) is 12.1 Å². The third-order valence-electron chi connectivity index (χ3n) is 5.82. The molecule has 1 N–H and O–H groups in total. The van der Waals surface area contributed by atoms with Crippen LogP contribution in [0, 0.1) is 17.8 Å². The molecule has 3 heteroatoms. The maximum atomic E-state index is 12.2. The molecular weight excluding hydrogens is 238 g/mol. The quantitative estimate of drug-likeness (QED) is 0.850. The summed E-state index contributed by atoms with van der Waals surface area (Å²) in [6.45, 7) is 4.73. The summed E-state index contributed by atoms with van der Waals surface area (Å²) >= 11 is 0. The van der Waals surface area contributed by atoms with Gasteiger partial charge in [-0.05, 0) is 56.4 Å². The van der Waals surface area contributed by atoms with Gasteiger partial charge in [0.2, 0.25) is 0 Å². The number of hydrogen-bond donors (Lipinski definition) is 1. The normalized spacial score (nSPS) is 43.1. The van der Waals surface area contributed by atoms with E-state index < -0.39 is 0 Å². The molecule has 0 aromatic carbocycles. The fourth-order valence-electron chi connectivity index (χ4n) is 5.39. The summed E-state index contributed by atoms with van der Waals surface area (Å²) in [4.78, 5) is 14.8. The van der Waals surface area contributed by atoms with Gasteiger partial charge in [-0.3, -0.25) is 9.69 Å². The highest BCUT2D eigenvalue weighted by Crippen LogP contribution is 2.54. The Bertz CT molecular complexity index is 357. The van der Waals surface area contributed by atoms with Gasteiger partial charge in [0.1, 0.15) is 5.78 Å². The molecule has 0 aromatic heterocycles. The van der Waals surface area contributed by atoms with Crippen LogP contribution in [0.3, 0.4) is 0 Å². The van der Waals surface area contributed by atoms with E-state index in [0.717, 1.165) is 44.2 Å². The van der Waals surface area contributed by atoms with E-state index in [0.29, 0.717) is 11.7 Å². The molecule has 0 spiro atoms. The summed E-state index contributed by atoms with van der Waals surface area (Å²) in [5, 5.41) is 9.13. The molecule has 2 aliphatic carbocycles. The molecule has 4 atom stereocenters. The highest BCUT2D eigenvalue weighted by Gasteiger charge is 2.55. The van der Waals surface area contributed by atoms with Crippen molar-refractivity contribution in [1.82, 2.24) is 4.90 Å². The van der Waals surface area contributed by atoms with Gasteiger partial charge < -0.3 is 5.11 Å². The molecule has 1 saturated heterocycles. The molecule has 0 aromatic rings. The van der Waals surface area contributed by atoms with Crippen LogP contribution in [0.25, 0.3) is 0 Å². The molecule has 3 rings (SSSR count). The number of rotatable bonds is 3. The third kappa shape index (κ3) is 2.25. The molecule has 2 bridgehead atoms. The minimum absolute atomic E-state index is 0.158. The number of likely N-dealkylation sites (tertiary alicyclic amines) is 1. The lowest BCUT2D eigenvalue weighted by molar-refractivity contribution is -0.145. The largest absolute Gasteiger partial charge is 0.396 e. The lowest BCUT2D eigenvalue weighted by Crippen LogP contribution is -2.65. The van der Waals surface area contributed by atoms with Crippen molar-refractivity contribution in [3.63, 3.8) is 0 Å². The van der Waals surface area contributed by atoms with Crippen LogP contribution in [0.5, 0.6) is 0 Å². The SMILES string of the molecule is C[C@H]1CC2CC(=O)CC3(C1)C2CCCN3CCCO. The average molecular weight is 265 g/mol. The molecule has 3 nitrogen and oxygen atoms in total. The van der Waals surface area contributed by atoms with Crippen molar-refractivity contribution in [2.45, 2.75) is 57.4 Å².